The fourth-order valence-corrected chi connectivity index (χ4v) is 4.08. The van der Waals surface area contributed by atoms with Crippen LogP contribution in [0.1, 0.15) is 68.7 Å². The number of nitrogens with one attached hydrogen (secondary N) is 1. The van der Waals surface area contributed by atoms with Crippen LogP contribution in [0.15, 0.2) is 0 Å². The Kier molecular flexibility index (Phi) is 5.78. The number of fused-ring (bicyclic) bond motifs is 1. The SMILES string of the molecule is CC(C)(C)OC(=O)N[C@@]1(C(=O)OC(C)(C)C)C[C@@H](N)[C@H]2[C@H](C(=O)OC(C)(C)C)[C@H]21. The second-order valence-corrected chi connectivity index (χ2v) is 11.1. The van der Waals surface area contributed by atoms with E-state index in [0.29, 0.717) is 0 Å². The Morgan fingerprint density at radius 3 is 1.79 bits per heavy atom. The third kappa shape index (κ3) is 5.41. The van der Waals surface area contributed by atoms with Gasteiger partial charge in [-0.05, 0) is 74.7 Å². The lowest BCUT2D eigenvalue weighted by Crippen LogP contribution is -2.59. The van der Waals surface area contributed by atoms with Crippen molar-refractivity contribution in [3.8, 4) is 0 Å². The first kappa shape index (κ1) is 23.4. The Hall–Kier alpha value is -1.83. The van der Waals surface area contributed by atoms with Crippen LogP contribution in [0.3, 0.4) is 0 Å². The molecule has 5 atom stereocenters. The van der Waals surface area contributed by atoms with Gasteiger partial charge in [-0.3, -0.25) is 4.79 Å². The summed E-state index contributed by atoms with van der Waals surface area (Å²) in [6.45, 7) is 15.8. The van der Waals surface area contributed by atoms with Crippen LogP contribution in [0.4, 0.5) is 4.79 Å². The minimum atomic E-state index is -1.43. The summed E-state index contributed by atoms with van der Waals surface area (Å²) >= 11 is 0. The van der Waals surface area contributed by atoms with Gasteiger partial charge in [-0.2, -0.15) is 0 Å². The molecule has 0 radical (unpaired) electrons. The summed E-state index contributed by atoms with van der Waals surface area (Å²) in [7, 11) is 0. The van der Waals surface area contributed by atoms with E-state index in [1.165, 1.54) is 0 Å². The molecule has 0 aliphatic heterocycles. The van der Waals surface area contributed by atoms with Crippen molar-refractivity contribution in [2.75, 3.05) is 0 Å². The van der Waals surface area contributed by atoms with E-state index in [0.717, 1.165) is 0 Å². The van der Waals surface area contributed by atoms with Crippen LogP contribution in [0.2, 0.25) is 0 Å². The van der Waals surface area contributed by atoms with Gasteiger partial charge in [-0.1, -0.05) is 0 Å². The summed E-state index contributed by atoms with van der Waals surface area (Å²) < 4.78 is 16.5. The van der Waals surface area contributed by atoms with Gasteiger partial charge in [0.2, 0.25) is 0 Å². The number of hydrogen-bond acceptors (Lipinski definition) is 7. The molecule has 8 heteroatoms. The first-order valence-electron chi connectivity index (χ1n) is 10.1. The first-order chi connectivity index (χ1) is 12.9. The van der Waals surface area contributed by atoms with E-state index in [1.54, 1.807) is 62.3 Å². The van der Waals surface area contributed by atoms with Gasteiger partial charge in [0, 0.05) is 12.0 Å². The van der Waals surface area contributed by atoms with E-state index in [2.05, 4.69) is 5.32 Å². The molecule has 8 nitrogen and oxygen atoms in total. The fraction of sp³-hybridized carbons (Fsp3) is 0.857. The van der Waals surface area contributed by atoms with Gasteiger partial charge in [0.05, 0.1) is 5.92 Å². The van der Waals surface area contributed by atoms with E-state index in [9.17, 15) is 14.4 Å². The van der Waals surface area contributed by atoms with Crippen LogP contribution in [0.25, 0.3) is 0 Å². The van der Waals surface area contributed by atoms with Gasteiger partial charge >= 0.3 is 18.0 Å². The summed E-state index contributed by atoms with van der Waals surface area (Å²) in [6.07, 6.45) is -0.568. The van der Waals surface area contributed by atoms with Gasteiger partial charge in [-0.25, -0.2) is 9.59 Å². The van der Waals surface area contributed by atoms with Crippen LogP contribution < -0.4 is 11.1 Å². The zero-order chi connectivity index (χ0) is 22.6. The van der Waals surface area contributed by atoms with Crippen molar-refractivity contribution in [3.63, 3.8) is 0 Å². The number of rotatable bonds is 3. The molecule has 0 bridgehead atoms. The number of hydrogen-bond donors (Lipinski definition) is 2. The molecule has 0 aromatic carbocycles. The topological polar surface area (TPSA) is 117 Å². The summed E-state index contributed by atoms with van der Waals surface area (Å²) in [4.78, 5) is 38.5. The van der Waals surface area contributed by atoms with Crippen LogP contribution >= 0.6 is 0 Å². The molecule has 2 aliphatic rings. The van der Waals surface area contributed by atoms with Crippen LogP contribution in [0, 0.1) is 17.8 Å². The highest BCUT2D eigenvalue weighted by molar-refractivity contribution is 5.91. The maximum Gasteiger partial charge on any atom is 0.408 e. The van der Waals surface area contributed by atoms with E-state index in [4.69, 9.17) is 19.9 Å². The van der Waals surface area contributed by atoms with Crippen LogP contribution in [-0.4, -0.2) is 46.4 Å². The van der Waals surface area contributed by atoms with E-state index < -0.39 is 58.3 Å². The molecule has 2 aliphatic carbocycles. The largest absolute Gasteiger partial charge is 0.460 e. The van der Waals surface area contributed by atoms with E-state index in [1.807, 2.05) is 0 Å². The highest BCUT2D eigenvalue weighted by Crippen LogP contribution is 2.62. The van der Waals surface area contributed by atoms with Crippen LogP contribution in [-0.2, 0) is 23.8 Å². The predicted molar refractivity (Wildman–Crippen MR) is 107 cm³/mol. The molecule has 2 rings (SSSR count). The highest BCUT2D eigenvalue weighted by atomic mass is 16.6. The highest BCUT2D eigenvalue weighted by Gasteiger charge is 2.76. The second kappa shape index (κ2) is 7.15. The van der Waals surface area contributed by atoms with Crippen molar-refractivity contribution in [2.24, 2.45) is 23.5 Å². The lowest BCUT2D eigenvalue weighted by molar-refractivity contribution is -0.165. The predicted octanol–water partition coefficient (Wildman–Crippen LogP) is 2.53. The van der Waals surface area contributed by atoms with Gasteiger partial charge in [0.1, 0.15) is 22.3 Å². The van der Waals surface area contributed by atoms with Crippen molar-refractivity contribution in [1.29, 1.82) is 0 Å². The second-order valence-electron chi connectivity index (χ2n) is 11.1. The van der Waals surface area contributed by atoms with Crippen LogP contribution in [0.5, 0.6) is 0 Å². The molecule has 0 heterocycles. The molecule has 0 saturated heterocycles. The van der Waals surface area contributed by atoms with Gasteiger partial charge in [-0.15, -0.1) is 0 Å². The number of ether oxygens (including phenoxy) is 3. The maximum atomic E-state index is 13.2. The van der Waals surface area contributed by atoms with E-state index >= 15 is 0 Å². The minimum absolute atomic E-state index is 0.176. The van der Waals surface area contributed by atoms with Crippen molar-refractivity contribution >= 4 is 18.0 Å². The average Bonchev–Trinajstić information content (AvgIpc) is 3.10. The summed E-state index contributed by atoms with van der Waals surface area (Å²) in [5.74, 6) is -2.34. The normalized spacial score (nSPS) is 31.5. The Labute approximate surface area is 173 Å². The van der Waals surface area contributed by atoms with Crippen molar-refractivity contribution in [1.82, 2.24) is 5.32 Å². The molecule has 166 valence electrons. The molecule has 29 heavy (non-hydrogen) atoms. The molecule has 3 N–H and O–H groups in total. The number of esters is 2. The van der Waals surface area contributed by atoms with Gasteiger partial charge in [0.25, 0.3) is 0 Å². The molecular formula is C21H36N2O6. The number of alkyl carbamates (subject to hydrolysis) is 1. The van der Waals surface area contributed by atoms with Crippen molar-refractivity contribution < 1.29 is 28.6 Å². The summed E-state index contributed by atoms with van der Waals surface area (Å²) in [6, 6.07) is -0.444. The Bertz CT molecular complexity index is 685. The first-order valence-corrected chi connectivity index (χ1v) is 10.1. The lowest BCUT2D eigenvalue weighted by Gasteiger charge is -2.35. The lowest BCUT2D eigenvalue weighted by atomic mass is 9.88. The number of carbonyl (C=O) groups is 3. The molecule has 1 amide bonds. The van der Waals surface area contributed by atoms with Gasteiger partial charge in [0.15, 0.2) is 0 Å². The summed E-state index contributed by atoms with van der Waals surface area (Å²) in [5.41, 5.74) is 2.69. The molecule has 0 unspecified atom stereocenters. The number of amides is 1. The molecule has 0 aromatic heterocycles. The Balaban J connectivity index is 2.34. The molecule has 0 aromatic rings. The number of nitrogens with two attached hydrogens (primary N) is 1. The Morgan fingerprint density at radius 1 is 0.862 bits per heavy atom. The third-order valence-corrected chi connectivity index (χ3v) is 4.86. The smallest absolute Gasteiger partial charge is 0.408 e. The Morgan fingerprint density at radius 2 is 1.34 bits per heavy atom. The zero-order valence-electron chi connectivity index (χ0n) is 19.0. The standard InChI is InChI=1S/C21H36N2O6/c1-18(2,3)27-15(24)13-12-11(22)10-21(14(12)13,16(25)28-19(4,5)6)23-17(26)29-20(7,8)9/h11-14H,10,22H2,1-9H3,(H,23,26)/t11-,12+,13+,14+,21+/m1/s1. The summed E-state index contributed by atoms with van der Waals surface area (Å²) in [5, 5.41) is 2.72. The molecule has 2 saturated carbocycles. The number of carbonyl (C=O) groups excluding carboxylic acids is 3. The zero-order valence-corrected chi connectivity index (χ0v) is 19.0. The average molecular weight is 413 g/mol. The fourth-order valence-electron chi connectivity index (χ4n) is 4.08. The maximum absolute atomic E-state index is 13.2. The monoisotopic (exact) mass is 412 g/mol. The molecule has 0 spiro atoms. The van der Waals surface area contributed by atoms with Gasteiger partial charge < -0.3 is 25.3 Å². The van der Waals surface area contributed by atoms with Crippen molar-refractivity contribution in [2.45, 2.75) is 97.1 Å². The van der Waals surface area contributed by atoms with E-state index in [-0.39, 0.29) is 12.3 Å². The molecule has 2 fully saturated rings. The third-order valence-electron chi connectivity index (χ3n) is 4.86. The quantitative estimate of drug-likeness (QED) is 0.540. The minimum Gasteiger partial charge on any atom is -0.460 e. The molecular weight excluding hydrogens is 376 g/mol. The van der Waals surface area contributed by atoms with Crippen molar-refractivity contribution in [3.05, 3.63) is 0 Å².